The van der Waals surface area contributed by atoms with Gasteiger partial charge in [0.1, 0.15) is 16.1 Å². The molecule has 3 rings (SSSR count). The van der Waals surface area contributed by atoms with E-state index < -0.39 is 15.6 Å². The highest BCUT2D eigenvalue weighted by atomic mass is 32.2. The molecule has 1 saturated carbocycles. The Balaban J connectivity index is 1.67. The van der Waals surface area contributed by atoms with Crippen LogP contribution in [0.15, 0.2) is 9.42 Å². The zero-order valence-electron chi connectivity index (χ0n) is 16.0. The van der Waals surface area contributed by atoms with E-state index in [9.17, 15) is 13.2 Å². The van der Waals surface area contributed by atoms with Gasteiger partial charge < -0.3 is 15.2 Å². The van der Waals surface area contributed by atoms with Gasteiger partial charge in [-0.25, -0.2) is 8.42 Å². The van der Waals surface area contributed by atoms with Crippen molar-refractivity contribution < 1.29 is 17.7 Å². The number of piperazine rings is 1. The SMILES string of the molecule is Cc1noc(C)c1S(=O)(=O)NC1(C(=O)NCCN2CCNCC2)CCCC1. The standard InChI is InChI=1S/C17H29N5O4S/c1-13-15(14(2)26-20-13)27(24,25)21-17(5-3-4-6-17)16(23)19-9-12-22-10-7-18-8-11-22/h18,21H,3-12H2,1-2H3,(H,19,23). The molecular formula is C17H29N5O4S. The average molecular weight is 400 g/mol. The summed E-state index contributed by atoms with van der Waals surface area (Å²) in [5, 5.41) is 9.96. The van der Waals surface area contributed by atoms with Gasteiger partial charge >= 0.3 is 0 Å². The Kier molecular flexibility index (Phi) is 6.19. The lowest BCUT2D eigenvalue weighted by Crippen LogP contribution is -2.58. The highest BCUT2D eigenvalue weighted by Crippen LogP contribution is 2.32. The van der Waals surface area contributed by atoms with Gasteiger partial charge in [-0.15, -0.1) is 0 Å². The predicted octanol–water partition coefficient (Wildman–Crippen LogP) is -0.0961. The van der Waals surface area contributed by atoms with Crippen molar-refractivity contribution in [2.45, 2.75) is 50.0 Å². The number of carbonyl (C=O) groups is 1. The van der Waals surface area contributed by atoms with Gasteiger partial charge in [0.2, 0.25) is 15.9 Å². The number of nitrogens with zero attached hydrogens (tertiary/aromatic N) is 2. The maximum absolute atomic E-state index is 12.9. The lowest BCUT2D eigenvalue weighted by atomic mass is 9.98. The zero-order valence-corrected chi connectivity index (χ0v) is 16.8. The summed E-state index contributed by atoms with van der Waals surface area (Å²) in [4.78, 5) is 15.2. The molecular weight excluding hydrogens is 370 g/mol. The molecule has 0 radical (unpaired) electrons. The van der Waals surface area contributed by atoms with Crippen LogP contribution in [0.1, 0.15) is 37.1 Å². The third kappa shape index (κ3) is 4.50. The first kappa shape index (κ1) is 20.2. The van der Waals surface area contributed by atoms with E-state index in [0.29, 0.717) is 25.1 Å². The van der Waals surface area contributed by atoms with Gasteiger partial charge in [-0.1, -0.05) is 18.0 Å². The molecule has 0 unspecified atom stereocenters. The van der Waals surface area contributed by atoms with Gasteiger partial charge in [0.15, 0.2) is 5.76 Å². The number of nitrogens with one attached hydrogen (secondary N) is 3. The van der Waals surface area contributed by atoms with Gasteiger partial charge in [0, 0.05) is 39.3 Å². The van der Waals surface area contributed by atoms with Gasteiger partial charge in [0.05, 0.1) is 0 Å². The molecule has 2 fully saturated rings. The molecule has 2 aliphatic rings. The summed E-state index contributed by atoms with van der Waals surface area (Å²) in [7, 11) is -3.90. The number of aromatic nitrogens is 1. The molecule has 1 amide bonds. The van der Waals surface area contributed by atoms with E-state index in [1.54, 1.807) is 13.8 Å². The Bertz CT molecular complexity index is 745. The highest BCUT2D eigenvalue weighted by Gasteiger charge is 2.45. The number of hydrogen-bond donors (Lipinski definition) is 3. The molecule has 1 aliphatic carbocycles. The highest BCUT2D eigenvalue weighted by molar-refractivity contribution is 7.89. The molecule has 152 valence electrons. The van der Waals surface area contributed by atoms with E-state index in [2.05, 4.69) is 25.4 Å². The topological polar surface area (TPSA) is 117 Å². The Morgan fingerprint density at radius 2 is 1.93 bits per heavy atom. The number of rotatable bonds is 7. The third-order valence-corrected chi connectivity index (χ3v) is 7.16. The fourth-order valence-electron chi connectivity index (χ4n) is 3.95. The Morgan fingerprint density at radius 1 is 1.26 bits per heavy atom. The maximum Gasteiger partial charge on any atom is 0.246 e. The van der Waals surface area contributed by atoms with Crippen molar-refractivity contribution in [2.75, 3.05) is 39.3 Å². The fraction of sp³-hybridized carbons (Fsp3) is 0.765. The van der Waals surface area contributed by atoms with Gasteiger partial charge in [-0.2, -0.15) is 4.72 Å². The van der Waals surface area contributed by atoms with Crippen LogP contribution in [0, 0.1) is 13.8 Å². The maximum atomic E-state index is 12.9. The second kappa shape index (κ2) is 8.26. The molecule has 0 bridgehead atoms. The number of amides is 1. The summed E-state index contributed by atoms with van der Waals surface area (Å²) in [5.41, 5.74) is -0.800. The normalized spacial score (nSPS) is 20.7. The third-order valence-electron chi connectivity index (χ3n) is 5.38. The first-order valence-corrected chi connectivity index (χ1v) is 11.0. The van der Waals surface area contributed by atoms with E-state index in [-0.39, 0.29) is 16.6 Å². The molecule has 0 spiro atoms. The van der Waals surface area contributed by atoms with Crippen LogP contribution in [0.3, 0.4) is 0 Å². The Labute approximate surface area is 160 Å². The second-order valence-electron chi connectivity index (χ2n) is 7.40. The van der Waals surface area contributed by atoms with Crippen molar-refractivity contribution in [1.82, 2.24) is 25.4 Å². The molecule has 1 saturated heterocycles. The van der Waals surface area contributed by atoms with Crippen LogP contribution in [0.5, 0.6) is 0 Å². The number of sulfonamides is 1. The van der Waals surface area contributed by atoms with Crippen LogP contribution in [-0.4, -0.2) is 69.2 Å². The summed E-state index contributed by atoms with van der Waals surface area (Å²) < 4.78 is 33.5. The van der Waals surface area contributed by atoms with Gasteiger partial charge in [-0.05, 0) is 26.7 Å². The number of carbonyl (C=O) groups excluding carboxylic acids is 1. The van der Waals surface area contributed by atoms with Crippen molar-refractivity contribution in [2.24, 2.45) is 0 Å². The summed E-state index contributed by atoms with van der Waals surface area (Å²) >= 11 is 0. The smallest absolute Gasteiger partial charge is 0.246 e. The molecule has 1 aromatic rings. The van der Waals surface area contributed by atoms with Crippen LogP contribution in [0.4, 0.5) is 0 Å². The van der Waals surface area contributed by atoms with Crippen LogP contribution in [-0.2, 0) is 14.8 Å². The van der Waals surface area contributed by atoms with E-state index >= 15 is 0 Å². The summed E-state index contributed by atoms with van der Waals surface area (Å²) in [6, 6.07) is 0. The number of aryl methyl sites for hydroxylation is 2. The minimum atomic E-state index is -3.90. The summed E-state index contributed by atoms with van der Waals surface area (Å²) in [5.74, 6) is -0.0160. The fourth-order valence-corrected chi connectivity index (χ4v) is 5.71. The molecule has 3 N–H and O–H groups in total. The van der Waals surface area contributed by atoms with Gasteiger partial charge in [0.25, 0.3) is 0 Å². The van der Waals surface area contributed by atoms with Crippen molar-refractivity contribution >= 4 is 15.9 Å². The number of hydrogen-bond acceptors (Lipinski definition) is 7. The lowest BCUT2D eigenvalue weighted by molar-refractivity contribution is -0.126. The van der Waals surface area contributed by atoms with Crippen molar-refractivity contribution in [3.05, 3.63) is 11.5 Å². The van der Waals surface area contributed by atoms with E-state index in [4.69, 9.17) is 4.52 Å². The largest absolute Gasteiger partial charge is 0.360 e. The van der Waals surface area contributed by atoms with Crippen LogP contribution in [0.2, 0.25) is 0 Å². The van der Waals surface area contributed by atoms with Gasteiger partial charge in [-0.3, -0.25) is 9.69 Å². The first-order chi connectivity index (χ1) is 12.8. The Morgan fingerprint density at radius 3 is 2.52 bits per heavy atom. The van der Waals surface area contributed by atoms with Crippen molar-refractivity contribution in [1.29, 1.82) is 0 Å². The zero-order chi connectivity index (χ0) is 19.5. The van der Waals surface area contributed by atoms with Crippen LogP contribution < -0.4 is 15.4 Å². The van der Waals surface area contributed by atoms with Crippen LogP contribution in [0.25, 0.3) is 0 Å². The minimum absolute atomic E-state index is 0.0300. The second-order valence-corrected chi connectivity index (χ2v) is 9.01. The van der Waals surface area contributed by atoms with Crippen LogP contribution >= 0.6 is 0 Å². The van der Waals surface area contributed by atoms with E-state index in [0.717, 1.165) is 45.6 Å². The molecule has 10 heteroatoms. The summed E-state index contributed by atoms with van der Waals surface area (Å²) in [6.07, 6.45) is 2.62. The summed E-state index contributed by atoms with van der Waals surface area (Å²) in [6.45, 7) is 8.24. The molecule has 27 heavy (non-hydrogen) atoms. The quantitative estimate of drug-likeness (QED) is 0.586. The average Bonchev–Trinajstić information content (AvgIpc) is 3.23. The van der Waals surface area contributed by atoms with E-state index in [1.807, 2.05) is 0 Å². The molecule has 9 nitrogen and oxygen atoms in total. The lowest BCUT2D eigenvalue weighted by Gasteiger charge is -2.30. The minimum Gasteiger partial charge on any atom is -0.360 e. The van der Waals surface area contributed by atoms with E-state index in [1.165, 1.54) is 0 Å². The predicted molar refractivity (Wildman–Crippen MR) is 99.8 cm³/mol. The molecule has 0 atom stereocenters. The molecule has 1 aliphatic heterocycles. The molecule has 0 aromatic carbocycles. The first-order valence-electron chi connectivity index (χ1n) is 9.52. The van der Waals surface area contributed by atoms with Crippen molar-refractivity contribution in [3.8, 4) is 0 Å². The Hall–Kier alpha value is -1.49. The monoisotopic (exact) mass is 399 g/mol. The molecule has 1 aromatic heterocycles. The van der Waals surface area contributed by atoms with Crippen molar-refractivity contribution in [3.63, 3.8) is 0 Å². The molecule has 2 heterocycles.